The van der Waals surface area contributed by atoms with Crippen molar-refractivity contribution in [3.63, 3.8) is 0 Å². The Balaban J connectivity index is 1.77. The van der Waals surface area contributed by atoms with Crippen LogP contribution in [-0.4, -0.2) is 36.1 Å². The molecule has 1 amide bonds. The number of amides is 1. The summed E-state index contributed by atoms with van der Waals surface area (Å²) in [7, 11) is 0. The Hall–Kier alpha value is -2.34. The van der Waals surface area contributed by atoms with Crippen LogP contribution in [0.25, 0.3) is 0 Å². The van der Waals surface area contributed by atoms with E-state index in [0.717, 1.165) is 11.4 Å². The summed E-state index contributed by atoms with van der Waals surface area (Å²) in [6.07, 6.45) is -4.39. The van der Waals surface area contributed by atoms with Crippen molar-refractivity contribution in [1.82, 2.24) is 4.90 Å². The average molecular weight is 376 g/mol. The SMILES string of the molecule is CC1CN(Cc2ccccc2)CCC1N(C(=O)C(F)(F)F)c1ccccc1. The number of likely N-dealkylation sites (tertiary alicyclic amines) is 1. The van der Waals surface area contributed by atoms with Gasteiger partial charge in [0.25, 0.3) is 0 Å². The zero-order chi connectivity index (χ0) is 19.4. The lowest BCUT2D eigenvalue weighted by atomic mass is 9.91. The number of halogens is 3. The van der Waals surface area contributed by atoms with Gasteiger partial charge in [0.15, 0.2) is 0 Å². The Labute approximate surface area is 157 Å². The van der Waals surface area contributed by atoms with Gasteiger partial charge >= 0.3 is 12.1 Å². The Morgan fingerprint density at radius 2 is 1.67 bits per heavy atom. The van der Waals surface area contributed by atoms with E-state index in [4.69, 9.17) is 0 Å². The molecule has 2 atom stereocenters. The zero-order valence-corrected chi connectivity index (χ0v) is 15.2. The topological polar surface area (TPSA) is 23.6 Å². The van der Waals surface area contributed by atoms with Gasteiger partial charge in [-0.3, -0.25) is 9.69 Å². The number of alkyl halides is 3. The standard InChI is InChI=1S/C21H23F3N2O/c1-16-14-25(15-17-8-4-2-5-9-17)13-12-19(16)26(20(27)21(22,23)24)18-10-6-3-7-11-18/h2-11,16,19H,12-15H2,1H3. The van der Waals surface area contributed by atoms with Crippen molar-refractivity contribution in [3.05, 3.63) is 66.2 Å². The van der Waals surface area contributed by atoms with Crippen molar-refractivity contribution in [1.29, 1.82) is 0 Å². The predicted octanol–water partition coefficient (Wildman–Crippen LogP) is 4.49. The van der Waals surface area contributed by atoms with Crippen LogP contribution >= 0.6 is 0 Å². The lowest BCUT2D eigenvalue weighted by molar-refractivity contribution is -0.171. The van der Waals surface area contributed by atoms with E-state index in [9.17, 15) is 18.0 Å². The smallest absolute Gasteiger partial charge is 0.301 e. The van der Waals surface area contributed by atoms with Gasteiger partial charge in [0.2, 0.25) is 0 Å². The van der Waals surface area contributed by atoms with Crippen molar-refractivity contribution in [2.24, 2.45) is 5.92 Å². The van der Waals surface area contributed by atoms with Crippen molar-refractivity contribution in [3.8, 4) is 0 Å². The highest BCUT2D eigenvalue weighted by Crippen LogP contribution is 2.32. The highest BCUT2D eigenvalue weighted by Gasteiger charge is 2.47. The van der Waals surface area contributed by atoms with E-state index in [1.165, 1.54) is 5.56 Å². The number of anilines is 1. The maximum Gasteiger partial charge on any atom is 0.471 e. The summed E-state index contributed by atoms with van der Waals surface area (Å²) in [6.45, 7) is 3.98. The van der Waals surface area contributed by atoms with Crippen LogP contribution in [0.1, 0.15) is 18.9 Å². The normalized spacial score (nSPS) is 21.0. The van der Waals surface area contributed by atoms with Crippen molar-refractivity contribution in [2.75, 3.05) is 18.0 Å². The van der Waals surface area contributed by atoms with Crippen LogP contribution in [0.2, 0.25) is 0 Å². The largest absolute Gasteiger partial charge is 0.471 e. The van der Waals surface area contributed by atoms with Gasteiger partial charge in [-0.2, -0.15) is 13.2 Å². The van der Waals surface area contributed by atoms with Gasteiger partial charge in [-0.15, -0.1) is 0 Å². The number of rotatable bonds is 4. The van der Waals surface area contributed by atoms with Crippen LogP contribution in [0, 0.1) is 5.92 Å². The first kappa shape index (κ1) is 19.4. The molecule has 6 heteroatoms. The first-order valence-electron chi connectivity index (χ1n) is 9.08. The molecule has 1 heterocycles. The first-order chi connectivity index (χ1) is 12.9. The molecule has 0 spiro atoms. The molecule has 0 saturated carbocycles. The van der Waals surface area contributed by atoms with Crippen LogP contribution in [0.4, 0.5) is 18.9 Å². The highest BCUT2D eigenvalue weighted by atomic mass is 19.4. The van der Waals surface area contributed by atoms with Crippen LogP contribution in [0.5, 0.6) is 0 Å². The Kier molecular flexibility index (Phi) is 5.85. The monoisotopic (exact) mass is 376 g/mol. The second-order valence-electron chi connectivity index (χ2n) is 7.06. The molecular weight excluding hydrogens is 353 g/mol. The third kappa shape index (κ3) is 4.69. The van der Waals surface area contributed by atoms with Gasteiger partial charge in [0, 0.05) is 31.4 Å². The van der Waals surface area contributed by atoms with E-state index in [2.05, 4.69) is 4.90 Å². The fraction of sp³-hybridized carbons (Fsp3) is 0.381. The predicted molar refractivity (Wildman–Crippen MR) is 99.3 cm³/mol. The van der Waals surface area contributed by atoms with E-state index < -0.39 is 18.1 Å². The van der Waals surface area contributed by atoms with E-state index in [0.29, 0.717) is 25.2 Å². The molecule has 1 aliphatic heterocycles. The molecule has 1 saturated heterocycles. The van der Waals surface area contributed by atoms with Crippen LogP contribution in [-0.2, 0) is 11.3 Å². The van der Waals surface area contributed by atoms with Gasteiger partial charge in [0.1, 0.15) is 0 Å². The maximum atomic E-state index is 13.2. The summed E-state index contributed by atoms with van der Waals surface area (Å²) in [5.41, 5.74) is 1.47. The second-order valence-corrected chi connectivity index (χ2v) is 7.06. The third-order valence-electron chi connectivity index (χ3n) is 5.02. The fourth-order valence-corrected chi connectivity index (χ4v) is 3.77. The Bertz CT molecular complexity index is 749. The number of hydrogen-bond donors (Lipinski definition) is 0. The van der Waals surface area contributed by atoms with Crippen LogP contribution < -0.4 is 4.90 Å². The summed E-state index contributed by atoms with van der Waals surface area (Å²) < 4.78 is 39.7. The molecule has 144 valence electrons. The molecule has 27 heavy (non-hydrogen) atoms. The molecule has 0 radical (unpaired) electrons. The highest BCUT2D eigenvalue weighted by molar-refractivity contribution is 5.97. The number of nitrogens with zero attached hydrogens (tertiary/aromatic N) is 2. The molecule has 2 aromatic rings. The average Bonchev–Trinajstić information content (AvgIpc) is 2.64. The number of piperidine rings is 1. The van der Waals surface area contributed by atoms with E-state index >= 15 is 0 Å². The quantitative estimate of drug-likeness (QED) is 0.785. The summed E-state index contributed by atoms with van der Waals surface area (Å²) >= 11 is 0. The maximum absolute atomic E-state index is 13.2. The molecule has 0 aromatic heterocycles. The molecule has 0 aliphatic carbocycles. The number of carbonyl (C=O) groups is 1. The van der Waals surface area contributed by atoms with Gasteiger partial charge in [-0.25, -0.2) is 0 Å². The van der Waals surface area contributed by atoms with Crippen molar-refractivity contribution >= 4 is 11.6 Å². The van der Waals surface area contributed by atoms with E-state index in [1.807, 2.05) is 37.3 Å². The van der Waals surface area contributed by atoms with E-state index in [1.54, 1.807) is 30.3 Å². The molecule has 3 rings (SSSR count). The van der Waals surface area contributed by atoms with Crippen LogP contribution in [0.3, 0.4) is 0 Å². The lowest BCUT2D eigenvalue weighted by Gasteiger charge is -2.42. The first-order valence-corrected chi connectivity index (χ1v) is 9.08. The van der Waals surface area contributed by atoms with Crippen molar-refractivity contribution in [2.45, 2.75) is 32.1 Å². The summed E-state index contributed by atoms with van der Waals surface area (Å²) in [6, 6.07) is 17.7. The summed E-state index contributed by atoms with van der Waals surface area (Å²) in [5.74, 6) is -1.86. The minimum absolute atomic E-state index is 0.0750. The Morgan fingerprint density at radius 3 is 2.22 bits per heavy atom. The van der Waals surface area contributed by atoms with E-state index in [-0.39, 0.29) is 5.92 Å². The lowest BCUT2D eigenvalue weighted by Crippen LogP contribution is -2.55. The minimum Gasteiger partial charge on any atom is -0.301 e. The number of hydrogen-bond acceptors (Lipinski definition) is 2. The molecular formula is C21H23F3N2O. The van der Waals surface area contributed by atoms with Gasteiger partial charge in [0.05, 0.1) is 0 Å². The number of para-hydroxylation sites is 1. The fourth-order valence-electron chi connectivity index (χ4n) is 3.77. The number of benzene rings is 2. The Morgan fingerprint density at radius 1 is 1.07 bits per heavy atom. The van der Waals surface area contributed by atoms with Gasteiger partial charge in [-0.05, 0) is 30.0 Å². The van der Waals surface area contributed by atoms with Gasteiger partial charge in [-0.1, -0.05) is 55.5 Å². The summed E-state index contributed by atoms with van der Waals surface area (Å²) in [5, 5.41) is 0. The molecule has 0 bridgehead atoms. The summed E-state index contributed by atoms with van der Waals surface area (Å²) in [4.78, 5) is 15.4. The molecule has 2 aromatic carbocycles. The molecule has 0 N–H and O–H groups in total. The van der Waals surface area contributed by atoms with Crippen LogP contribution in [0.15, 0.2) is 60.7 Å². The van der Waals surface area contributed by atoms with Gasteiger partial charge < -0.3 is 4.90 Å². The third-order valence-corrected chi connectivity index (χ3v) is 5.02. The number of carbonyl (C=O) groups excluding carboxylic acids is 1. The molecule has 2 unspecified atom stereocenters. The van der Waals surface area contributed by atoms with Crippen molar-refractivity contribution < 1.29 is 18.0 Å². The molecule has 1 aliphatic rings. The second kappa shape index (κ2) is 8.13. The molecule has 3 nitrogen and oxygen atoms in total. The minimum atomic E-state index is -4.89. The zero-order valence-electron chi connectivity index (χ0n) is 15.2. The molecule has 1 fully saturated rings.